The molecule has 0 spiro atoms. The molecule has 0 radical (unpaired) electrons. The topological polar surface area (TPSA) is 97.4 Å². The molecule has 1 heterocycles. The predicted octanol–water partition coefficient (Wildman–Crippen LogP) is 5.25. The molecule has 3 aromatic rings. The Bertz CT molecular complexity index is 1130. The molecule has 0 bridgehead atoms. The van der Waals surface area contributed by atoms with Crippen LogP contribution in [0.1, 0.15) is 45.1 Å². The highest BCUT2D eigenvalue weighted by atomic mass is 32.2. The van der Waals surface area contributed by atoms with Gasteiger partial charge in [-0.3, -0.25) is 9.52 Å². The first-order valence-electron chi connectivity index (χ1n) is 10.4. The van der Waals surface area contributed by atoms with Gasteiger partial charge in [0.2, 0.25) is 0 Å². The van der Waals surface area contributed by atoms with Crippen molar-refractivity contribution in [1.82, 2.24) is 4.98 Å². The number of carbonyl (C=O) groups excluding carboxylic acids is 1. The summed E-state index contributed by atoms with van der Waals surface area (Å²) in [5, 5.41) is 4.79. The Morgan fingerprint density at radius 2 is 1.81 bits per heavy atom. The van der Waals surface area contributed by atoms with Crippen LogP contribution in [-0.4, -0.2) is 25.4 Å². The van der Waals surface area contributed by atoms with Crippen LogP contribution in [0.5, 0.6) is 5.75 Å². The van der Waals surface area contributed by atoms with Gasteiger partial charge in [-0.15, -0.1) is 11.3 Å². The summed E-state index contributed by atoms with van der Waals surface area (Å²) in [5.74, 6) is 0.737. The van der Waals surface area contributed by atoms with Crippen LogP contribution in [0.2, 0.25) is 0 Å². The molecule has 0 saturated carbocycles. The number of nitrogens with zero attached hydrogens (tertiary/aromatic N) is 1. The van der Waals surface area contributed by atoms with Crippen LogP contribution in [0.25, 0.3) is 0 Å². The molecule has 2 N–H and O–H groups in total. The third kappa shape index (κ3) is 5.86. The summed E-state index contributed by atoms with van der Waals surface area (Å²) in [6.45, 7) is 6.13. The van der Waals surface area contributed by atoms with Crippen LogP contribution in [0.15, 0.2) is 65.0 Å². The van der Waals surface area contributed by atoms with Gasteiger partial charge in [0.25, 0.3) is 15.9 Å². The van der Waals surface area contributed by atoms with Crippen molar-refractivity contribution in [2.75, 3.05) is 10.0 Å². The van der Waals surface area contributed by atoms with Gasteiger partial charge in [-0.1, -0.05) is 39.0 Å². The van der Waals surface area contributed by atoms with E-state index in [2.05, 4.69) is 28.9 Å². The zero-order valence-electron chi connectivity index (χ0n) is 18.2. The molecule has 9 heteroatoms. The third-order valence-electron chi connectivity index (χ3n) is 5.08. The van der Waals surface area contributed by atoms with Crippen LogP contribution in [-0.2, 0) is 14.8 Å². The summed E-state index contributed by atoms with van der Waals surface area (Å²) < 4.78 is 33.4. The average molecular weight is 474 g/mol. The molecular formula is C23H27N3O4S2. The summed E-state index contributed by atoms with van der Waals surface area (Å²) in [5.41, 5.74) is 1.56. The molecule has 0 fully saturated rings. The lowest BCUT2D eigenvalue weighted by atomic mass is 9.98. The van der Waals surface area contributed by atoms with Gasteiger partial charge in [0.05, 0.1) is 4.90 Å². The highest BCUT2D eigenvalue weighted by molar-refractivity contribution is 7.93. The summed E-state index contributed by atoms with van der Waals surface area (Å²) in [6.07, 6.45) is 2.31. The monoisotopic (exact) mass is 473 g/mol. The van der Waals surface area contributed by atoms with E-state index in [4.69, 9.17) is 4.74 Å². The maximum atomic E-state index is 12.8. The minimum atomic E-state index is -3.75. The molecule has 32 heavy (non-hydrogen) atoms. The molecule has 170 valence electrons. The molecule has 0 aliphatic rings. The first kappa shape index (κ1) is 23.7. The number of hydrogen-bond acceptors (Lipinski definition) is 6. The molecule has 0 aliphatic carbocycles. The predicted molar refractivity (Wildman–Crippen MR) is 128 cm³/mol. The van der Waals surface area contributed by atoms with Gasteiger partial charge in [0, 0.05) is 17.3 Å². The largest absolute Gasteiger partial charge is 0.480 e. The summed E-state index contributed by atoms with van der Waals surface area (Å²) in [6, 6.07) is 13.7. The summed E-state index contributed by atoms with van der Waals surface area (Å²) in [4.78, 5) is 16.8. The third-order valence-corrected chi connectivity index (χ3v) is 7.25. The van der Waals surface area contributed by atoms with Crippen molar-refractivity contribution in [2.45, 2.75) is 50.5 Å². The molecule has 3 rings (SSSR count). The first-order chi connectivity index (χ1) is 15.3. The van der Waals surface area contributed by atoms with E-state index in [-0.39, 0.29) is 10.8 Å². The Kier molecular flexibility index (Phi) is 7.87. The van der Waals surface area contributed by atoms with Crippen molar-refractivity contribution in [2.24, 2.45) is 0 Å². The number of ether oxygens (including phenoxy) is 1. The van der Waals surface area contributed by atoms with Crippen LogP contribution >= 0.6 is 11.3 Å². The molecule has 0 saturated heterocycles. The fourth-order valence-corrected chi connectivity index (χ4v) is 4.87. The van der Waals surface area contributed by atoms with Gasteiger partial charge < -0.3 is 10.1 Å². The smallest absolute Gasteiger partial charge is 0.265 e. The highest BCUT2D eigenvalue weighted by Gasteiger charge is 2.21. The van der Waals surface area contributed by atoms with E-state index >= 15 is 0 Å². The van der Waals surface area contributed by atoms with Crippen molar-refractivity contribution in [3.05, 3.63) is 65.7 Å². The second kappa shape index (κ2) is 10.6. The van der Waals surface area contributed by atoms with E-state index in [1.54, 1.807) is 17.5 Å². The molecule has 1 aromatic heterocycles. The van der Waals surface area contributed by atoms with Gasteiger partial charge in [0.1, 0.15) is 5.75 Å². The highest BCUT2D eigenvalue weighted by Crippen LogP contribution is 2.29. The number of anilines is 2. The van der Waals surface area contributed by atoms with Crippen LogP contribution in [0, 0.1) is 0 Å². The van der Waals surface area contributed by atoms with Gasteiger partial charge in [-0.2, -0.15) is 0 Å². The zero-order valence-corrected chi connectivity index (χ0v) is 19.9. The lowest BCUT2D eigenvalue weighted by Crippen LogP contribution is -2.32. The number of para-hydroxylation sites is 1. The SMILES string of the molecule is CCC(Oc1ccccc1C(C)CC)C(=O)Nc1ccc(S(=O)(=O)Nc2nccs2)cc1. The maximum absolute atomic E-state index is 12.8. The van der Waals surface area contributed by atoms with E-state index in [0.29, 0.717) is 28.9 Å². The van der Waals surface area contributed by atoms with E-state index in [1.807, 2.05) is 31.2 Å². The number of sulfonamides is 1. The Morgan fingerprint density at radius 3 is 2.44 bits per heavy atom. The maximum Gasteiger partial charge on any atom is 0.265 e. The normalized spacial score (nSPS) is 13.2. The number of hydrogen-bond donors (Lipinski definition) is 2. The van der Waals surface area contributed by atoms with E-state index in [9.17, 15) is 13.2 Å². The fourth-order valence-electron chi connectivity index (χ4n) is 3.08. The van der Waals surface area contributed by atoms with Gasteiger partial charge in [-0.25, -0.2) is 13.4 Å². The van der Waals surface area contributed by atoms with Gasteiger partial charge in [-0.05, 0) is 54.7 Å². The number of thiazole rings is 1. The number of rotatable bonds is 10. The number of nitrogens with one attached hydrogen (secondary N) is 2. The Morgan fingerprint density at radius 1 is 1.09 bits per heavy atom. The van der Waals surface area contributed by atoms with Crippen molar-refractivity contribution >= 4 is 38.1 Å². The van der Waals surface area contributed by atoms with E-state index in [1.165, 1.54) is 29.7 Å². The lowest BCUT2D eigenvalue weighted by Gasteiger charge is -2.21. The van der Waals surface area contributed by atoms with Crippen molar-refractivity contribution < 1.29 is 17.9 Å². The van der Waals surface area contributed by atoms with Gasteiger partial charge >= 0.3 is 0 Å². The second-order valence-corrected chi connectivity index (χ2v) is 9.90. The Labute approximate surface area is 192 Å². The zero-order chi connectivity index (χ0) is 23.1. The standard InChI is InChI=1S/C23H27N3O4S2/c1-4-16(3)19-8-6-7-9-21(19)30-20(5-2)22(27)25-17-10-12-18(13-11-17)32(28,29)26-23-24-14-15-31-23/h6-16,20H,4-5H2,1-3H3,(H,24,26)(H,25,27). The molecule has 7 nitrogen and oxygen atoms in total. The Balaban J connectivity index is 1.68. The molecule has 2 atom stereocenters. The summed E-state index contributed by atoms with van der Waals surface area (Å²) in [7, 11) is -3.75. The molecule has 1 amide bonds. The fraction of sp³-hybridized carbons (Fsp3) is 0.304. The van der Waals surface area contributed by atoms with Crippen molar-refractivity contribution in [1.29, 1.82) is 0 Å². The van der Waals surface area contributed by atoms with E-state index in [0.717, 1.165) is 12.0 Å². The second-order valence-electron chi connectivity index (χ2n) is 7.32. The van der Waals surface area contributed by atoms with Crippen molar-refractivity contribution in [3.8, 4) is 5.75 Å². The van der Waals surface area contributed by atoms with Crippen molar-refractivity contribution in [3.63, 3.8) is 0 Å². The minimum Gasteiger partial charge on any atom is -0.480 e. The molecule has 2 unspecified atom stereocenters. The van der Waals surface area contributed by atoms with Crippen LogP contribution < -0.4 is 14.8 Å². The van der Waals surface area contributed by atoms with E-state index < -0.39 is 16.1 Å². The van der Waals surface area contributed by atoms with Gasteiger partial charge in [0.15, 0.2) is 11.2 Å². The number of carbonyl (C=O) groups is 1. The number of amides is 1. The molecule has 0 aliphatic heterocycles. The minimum absolute atomic E-state index is 0.0801. The quantitative estimate of drug-likeness (QED) is 0.419. The first-order valence-corrected chi connectivity index (χ1v) is 12.8. The number of benzene rings is 2. The van der Waals surface area contributed by atoms with Crippen LogP contribution in [0.3, 0.4) is 0 Å². The average Bonchev–Trinajstić information content (AvgIpc) is 3.29. The van der Waals surface area contributed by atoms with Crippen LogP contribution in [0.4, 0.5) is 10.8 Å². The molecular weight excluding hydrogens is 446 g/mol. The molecule has 2 aromatic carbocycles. The summed E-state index contributed by atoms with van der Waals surface area (Å²) >= 11 is 1.19. The lowest BCUT2D eigenvalue weighted by molar-refractivity contribution is -0.122. The number of aromatic nitrogens is 1. The Hall–Kier alpha value is -2.91.